The van der Waals surface area contributed by atoms with Crippen LogP contribution in [-0.2, 0) is 17.6 Å². The molecule has 0 saturated heterocycles. The zero-order chi connectivity index (χ0) is 21.7. The molecule has 0 atom stereocenters. The van der Waals surface area contributed by atoms with Crippen LogP contribution in [0, 0.1) is 0 Å². The van der Waals surface area contributed by atoms with Crippen LogP contribution in [0.15, 0.2) is 52.3 Å². The third-order valence-electron chi connectivity index (χ3n) is 4.22. The van der Waals surface area contributed by atoms with E-state index in [0.717, 1.165) is 5.16 Å². The van der Waals surface area contributed by atoms with Gasteiger partial charge in [-0.15, -0.1) is 0 Å². The quantitative estimate of drug-likeness (QED) is 0.486. The second-order valence-corrected chi connectivity index (χ2v) is 8.10. The third kappa shape index (κ3) is 5.38. The molecule has 0 bridgehead atoms. The monoisotopic (exact) mass is 466 g/mol. The van der Waals surface area contributed by atoms with Gasteiger partial charge in [0.15, 0.2) is 10.9 Å². The number of nitrogens with zero attached hydrogens (tertiary/aromatic N) is 3. The van der Waals surface area contributed by atoms with E-state index in [2.05, 4.69) is 10.3 Å². The van der Waals surface area contributed by atoms with E-state index >= 15 is 0 Å². The number of hydrogen-bond donors (Lipinski definition) is 1. The second kappa shape index (κ2) is 10.1. The largest absolute Gasteiger partial charge is 0.455 e. The van der Waals surface area contributed by atoms with Gasteiger partial charge in [0.05, 0.1) is 21.5 Å². The van der Waals surface area contributed by atoms with Crippen LogP contribution in [0.1, 0.15) is 23.2 Å². The molecule has 0 saturated carbocycles. The number of furan rings is 1. The van der Waals surface area contributed by atoms with Gasteiger partial charge in [-0.05, 0) is 31.2 Å². The third-order valence-corrected chi connectivity index (χ3v) is 5.93. The number of carbonyl (C=O) groups excluding carboxylic acids is 2. The van der Waals surface area contributed by atoms with Crippen molar-refractivity contribution in [1.82, 2.24) is 14.5 Å². The Morgan fingerprint density at radius 3 is 2.60 bits per heavy atom. The number of aryl methyl sites for hydroxylation is 1. The van der Waals surface area contributed by atoms with Crippen LogP contribution in [0.25, 0.3) is 0 Å². The highest BCUT2D eigenvalue weighted by Gasteiger charge is 2.21. The van der Waals surface area contributed by atoms with E-state index in [1.165, 1.54) is 16.7 Å². The van der Waals surface area contributed by atoms with Crippen LogP contribution >= 0.6 is 35.0 Å². The van der Waals surface area contributed by atoms with E-state index < -0.39 is 5.91 Å². The fourth-order valence-corrected chi connectivity index (χ4v) is 3.97. The SMILES string of the molecule is CCN(CC(=O)Nc1c(Cl)cccc1Cl)C(=O)c1ccc(CSc2nccn2C)o1. The Balaban J connectivity index is 1.61. The van der Waals surface area contributed by atoms with Crippen LogP contribution < -0.4 is 5.32 Å². The molecule has 0 fully saturated rings. The number of aromatic nitrogens is 2. The predicted molar refractivity (Wildman–Crippen MR) is 118 cm³/mol. The zero-order valence-corrected chi connectivity index (χ0v) is 18.7. The number of para-hydroxylation sites is 1. The van der Waals surface area contributed by atoms with Crippen molar-refractivity contribution in [3.05, 3.63) is 64.3 Å². The van der Waals surface area contributed by atoms with Gasteiger partial charge in [-0.3, -0.25) is 9.59 Å². The van der Waals surface area contributed by atoms with Crippen molar-refractivity contribution in [3.8, 4) is 0 Å². The molecule has 1 N–H and O–H groups in total. The average molecular weight is 467 g/mol. The Bertz CT molecular complexity index is 1030. The van der Waals surface area contributed by atoms with Crippen LogP contribution in [0.3, 0.4) is 0 Å². The lowest BCUT2D eigenvalue weighted by Gasteiger charge is -2.19. The number of thioether (sulfide) groups is 1. The first kappa shape index (κ1) is 22.3. The van der Waals surface area contributed by atoms with E-state index in [9.17, 15) is 9.59 Å². The molecular formula is C20H20Cl2N4O3S. The highest BCUT2D eigenvalue weighted by atomic mass is 35.5. The smallest absolute Gasteiger partial charge is 0.290 e. The summed E-state index contributed by atoms with van der Waals surface area (Å²) >= 11 is 13.7. The molecule has 30 heavy (non-hydrogen) atoms. The molecule has 3 aromatic rings. The van der Waals surface area contributed by atoms with Gasteiger partial charge < -0.3 is 19.2 Å². The fourth-order valence-electron chi connectivity index (χ4n) is 2.65. The van der Waals surface area contributed by atoms with E-state index in [1.54, 1.807) is 43.5 Å². The maximum absolute atomic E-state index is 12.8. The Hall–Kier alpha value is -2.42. The molecule has 10 heteroatoms. The summed E-state index contributed by atoms with van der Waals surface area (Å²) in [7, 11) is 1.91. The van der Waals surface area contributed by atoms with Gasteiger partial charge in [0.2, 0.25) is 5.91 Å². The van der Waals surface area contributed by atoms with Gasteiger partial charge in [0.25, 0.3) is 5.91 Å². The molecule has 158 valence electrons. The van der Waals surface area contributed by atoms with Crippen molar-refractivity contribution < 1.29 is 14.0 Å². The highest BCUT2D eigenvalue weighted by molar-refractivity contribution is 7.98. The predicted octanol–water partition coefficient (Wildman–Crippen LogP) is 4.71. The van der Waals surface area contributed by atoms with Crippen LogP contribution in [0.2, 0.25) is 10.0 Å². The van der Waals surface area contributed by atoms with Crippen molar-refractivity contribution in [2.24, 2.45) is 7.05 Å². The average Bonchev–Trinajstić information content (AvgIpc) is 3.36. The van der Waals surface area contributed by atoms with Gasteiger partial charge in [0, 0.05) is 26.0 Å². The van der Waals surface area contributed by atoms with Crippen LogP contribution in [-0.4, -0.2) is 39.4 Å². The van der Waals surface area contributed by atoms with Crippen molar-refractivity contribution in [2.75, 3.05) is 18.4 Å². The minimum atomic E-state index is -0.405. The number of hydrogen-bond acceptors (Lipinski definition) is 5. The number of likely N-dealkylation sites (N-methyl/N-ethyl adjacent to an activating group) is 1. The Labute approximate surface area is 188 Å². The van der Waals surface area contributed by atoms with E-state index in [0.29, 0.717) is 33.8 Å². The minimum Gasteiger partial charge on any atom is -0.455 e. The van der Waals surface area contributed by atoms with Crippen molar-refractivity contribution >= 4 is 52.5 Å². The van der Waals surface area contributed by atoms with Crippen molar-refractivity contribution in [1.29, 1.82) is 0 Å². The Morgan fingerprint density at radius 1 is 1.23 bits per heavy atom. The number of nitrogens with one attached hydrogen (secondary N) is 1. The zero-order valence-electron chi connectivity index (χ0n) is 16.4. The Morgan fingerprint density at radius 2 is 1.97 bits per heavy atom. The molecule has 0 aliphatic heterocycles. The molecule has 1 aromatic carbocycles. The first-order chi connectivity index (χ1) is 14.4. The summed E-state index contributed by atoms with van der Waals surface area (Å²) in [6.07, 6.45) is 3.58. The minimum absolute atomic E-state index is 0.158. The highest BCUT2D eigenvalue weighted by Crippen LogP contribution is 2.29. The summed E-state index contributed by atoms with van der Waals surface area (Å²) in [5.41, 5.74) is 0.320. The Kier molecular flexibility index (Phi) is 7.47. The number of amides is 2. The van der Waals surface area contributed by atoms with E-state index in [4.69, 9.17) is 27.6 Å². The van der Waals surface area contributed by atoms with Gasteiger partial charge in [-0.1, -0.05) is 41.0 Å². The lowest BCUT2D eigenvalue weighted by atomic mass is 10.3. The number of rotatable bonds is 8. The standard InChI is InChI=1S/C20H20Cl2N4O3S/c1-3-26(11-17(27)24-18-14(21)5-4-6-15(18)22)19(28)16-8-7-13(29-16)12-30-20-23-9-10-25(20)2/h4-10H,3,11-12H2,1-2H3,(H,24,27). The molecule has 2 aromatic heterocycles. The topological polar surface area (TPSA) is 80.4 Å². The normalized spacial score (nSPS) is 10.8. The van der Waals surface area contributed by atoms with Gasteiger partial charge in [-0.25, -0.2) is 4.98 Å². The maximum Gasteiger partial charge on any atom is 0.290 e. The second-order valence-electron chi connectivity index (χ2n) is 6.34. The fraction of sp³-hybridized carbons (Fsp3) is 0.250. The lowest BCUT2D eigenvalue weighted by Crippen LogP contribution is -2.37. The first-order valence-electron chi connectivity index (χ1n) is 9.11. The number of imidazole rings is 1. The molecule has 0 unspecified atom stereocenters. The molecule has 2 heterocycles. The lowest BCUT2D eigenvalue weighted by molar-refractivity contribution is -0.116. The van der Waals surface area contributed by atoms with E-state index in [-0.39, 0.29) is 18.2 Å². The summed E-state index contributed by atoms with van der Waals surface area (Å²) < 4.78 is 7.59. The molecule has 0 radical (unpaired) electrons. The first-order valence-corrected chi connectivity index (χ1v) is 10.8. The molecule has 0 aliphatic carbocycles. The van der Waals surface area contributed by atoms with Crippen LogP contribution in [0.5, 0.6) is 0 Å². The van der Waals surface area contributed by atoms with Crippen LogP contribution in [0.4, 0.5) is 5.69 Å². The molecule has 3 rings (SSSR count). The van der Waals surface area contributed by atoms with E-state index in [1.807, 2.05) is 17.8 Å². The number of halogens is 2. The summed E-state index contributed by atoms with van der Waals surface area (Å²) in [5.74, 6) is 0.587. The number of anilines is 1. The molecule has 0 aliphatic rings. The number of benzene rings is 1. The maximum atomic E-state index is 12.8. The summed E-state index contributed by atoms with van der Waals surface area (Å²) in [5, 5.41) is 4.16. The van der Waals surface area contributed by atoms with Crippen molar-refractivity contribution in [3.63, 3.8) is 0 Å². The van der Waals surface area contributed by atoms with Gasteiger partial charge in [0.1, 0.15) is 12.3 Å². The van der Waals surface area contributed by atoms with Gasteiger partial charge >= 0.3 is 0 Å². The summed E-state index contributed by atoms with van der Waals surface area (Å²) in [6.45, 7) is 1.96. The van der Waals surface area contributed by atoms with Gasteiger partial charge in [-0.2, -0.15) is 0 Å². The molecule has 7 nitrogen and oxygen atoms in total. The molecule has 2 amide bonds. The molecular weight excluding hydrogens is 447 g/mol. The summed E-state index contributed by atoms with van der Waals surface area (Å²) in [6, 6.07) is 8.30. The number of carbonyl (C=O) groups is 2. The summed E-state index contributed by atoms with van der Waals surface area (Å²) in [4.78, 5) is 30.8. The van der Waals surface area contributed by atoms with Crippen molar-refractivity contribution in [2.45, 2.75) is 17.8 Å². The molecule has 0 spiro atoms.